The van der Waals surface area contributed by atoms with Crippen LogP contribution in [0, 0.1) is 0 Å². The first kappa shape index (κ1) is 14.3. The average molecular weight is 269 g/mol. The number of aliphatic hydroxyl groups is 1. The standard InChI is InChI=1S/C8H15NO7S/c1-5(10)9-6-2-7(11)8(15-3-6)4-16-17(12,13)14/h6-8,11H,2-4H2,1H3,(H,9,10)(H,12,13,14). The molecule has 1 fully saturated rings. The summed E-state index contributed by atoms with van der Waals surface area (Å²) in [7, 11) is -4.54. The lowest BCUT2D eigenvalue weighted by atomic mass is 10.0. The molecule has 0 aromatic rings. The molecule has 0 saturated carbocycles. The van der Waals surface area contributed by atoms with E-state index in [9.17, 15) is 18.3 Å². The number of hydrogen-bond acceptors (Lipinski definition) is 6. The number of rotatable bonds is 4. The van der Waals surface area contributed by atoms with Gasteiger partial charge < -0.3 is 15.2 Å². The van der Waals surface area contributed by atoms with Gasteiger partial charge in [-0.05, 0) is 6.42 Å². The van der Waals surface area contributed by atoms with Gasteiger partial charge in [-0.1, -0.05) is 0 Å². The summed E-state index contributed by atoms with van der Waals surface area (Å²) in [6.07, 6.45) is -1.58. The molecule has 1 heterocycles. The highest BCUT2D eigenvalue weighted by molar-refractivity contribution is 7.80. The molecule has 1 aliphatic heterocycles. The van der Waals surface area contributed by atoms with Crippen LogP contribution in [0.25, 0.3) is 0 Å². The summed E-state index contributed by atoms with van der Waals surface area (Å²) in [5.41, 5.74) is 0. The molecule has 8 nitrogen and oxygen atoms in total. The Morgan fingerprint density at radius 2 is 2.24 bits per heavy atom. The van der Waals surface area contributed by atoms with E-state index in [0.717, 1.165) is 0 Å². The molecule has 3 N–H and O–H groups in total. The van der Waals surface area contributed by atoms with Gasteiger partial charge >= 0.3 is 10.4 Å². The van der Waals surface area contributed by atoms with Gasteiger partial charge in [-0.15, -0.1) is 0 Å². The van der Waals surface area contributed by atoms with Crippen molar-refractivity contribution in [1.82, 2.24) is 5.32 Å². The topological polar surface area (TPSA) is 122 Å². The van der Waals surface area contributed by atoms with Crippen molar-refractivity contribution in [3.63, 3.8) is 0 Å². The largest absolute Gasteiger partial charge is 0.397 e. The Bertz CT molecular complexity index is 368. The van der Waals surface area contributed by atoms with Crippen molar-refractivity contribution in [2.45, 2.75) is 31.6 Å². The van der Waals surface area contributed by atoms with Crippen LogP contribution in [0.4, 0.5) is 0 Å². The summed E-state index contributed by atoms with van der Waals surface area (Å²) < 4.78 is 38.3. The summed E-state index contributed by atoms with van der Waals surface area (Å²) in [6, 6.07) is -0.315. The van der Waals surface area contributed by atoms with Gasteiger partial charge in [0.1, 0.15) is 6.10 Å². The van der Waals surface area contributed by atoms with E-state index in [-0.39, 0.29) is 25.0 Å². The van der Waals surface area contributed by atoms with Crippen molar-refractivity contribution in [3.05, 3.63) is 0 Å². The Hall–Kier alpha value is -0.740. The molecule has 0 aliphatic carbocycles. The molecular formula is C8H15NO7S. The predicted octanol–water partition coefficient (Wildman–Crippen LogP) is -1.54. The van der Waals surface area contributed by atoms with Crippen LogP contribution in [0.3, 0.4) is 0 Å². The zero-order valence-corrected chi connectivity index (χ0v) is 10.0. The molecule has 0 radical (unpaired) electrons. The Kier molecular flexibility index (Phi) is 4.83. The molecule has 0 spiro atoms. The summed E-state index contributed by atoms with van der Waals surface area (Å²) in [5.74, 6) is -0.238. The zero-order valence-electron chi connectivity index (χ0n) is 9.20. The van der Waals surface area contributed by atoms with Crippen LogP contribution in [0.5, 0.6) is 0 Å². The fourth-order valence-corrected chi connectivity index (χ4v) is 1.87. The molecule has 3 unspecified atom stereocenters. The first-order valence-electron chi connectivity index (χ1n) is 4.96. The van der Waals surface area contributed by atoms with Gasteiger partial charge in [0.15, 0.2) is 0 Å². The van der Waals surface area contributed by atoms with Crippen LogP contribution in [0.1, 0.15) is 13.3 Å². The smallest absolute Gasteiger partial charge is 0.390 e. The second kappa shape index (κ2) is 5.74. The van der Waals surface area contributed by atoms with E-state index in [1.54, 1.807) is 0 Å². The van der Waals surface area contributed by atoms with Crippen molar-refractivity contribution >= 4 is 16.3 Å². The molecule has 1 saturated heterocycles. The van der Waals surface area contributed by atoms with Gasteiger partial charge in [0.2, 0.25) is 5.91 Å². The van der Waals surface area contributed by atoms with Crippen LogP contribution in [-0.4, -0.2) is 55.4 Å². The highest BCUT2D eigenvalue weighted by Crippen LogP contribution is 2.15. The van der Waals surface area contributed by atoms with Gasteiger partial charge in [-0.3, -0.25) is 9.35 Å². The second-order valence-corrected chi connectivity index (χ2v) is 4.88. The maximum Gasteiger partial charge on any atom is 0.397 e. The van der Waals surface area contributed by atoms with Gasteiger partial charge in [-0.25, -0.2) is 4.18 Å². The Labute approximate surface area is 98.9 Å². The molecule has 1 rings (SSSR count). The van der Waals surface area contributed by atoms with Crippen molar-refractivity contribution in [3.8, 4) is 0 Å². The highest BCUT2D eigenvalue weighted by Gasteiger charge is 2.31. The normalized spacial score (nSPS) is 29.9. The number of hydrogen-bond donors (Lipinski definition) is 3. The minimum Gasteiger partial charge on any atom is -0.390 e. The SMILES string of the molecule is CC(=O)NC1COC(COS(=O)(=O)O)C(O)C1. The molecule has 3 atom stereocenters. The summed E-state index contributed by atoms with van der Waals surface area (Å²) >= 11 is 0. The quantitative estimate of drug-likeness (QED) is 0.529. The molecule has 9 heteroatoms. The lowest BCUT2D eigenvalue weighted by molar-refractivity contribution is -0.126. The Balaban J connectivity index is 2.40. The number of ether oxygens (including phenoxy) is 1. The fourth-order valence-electron chi connectivity index (χ4n) is 1.56. The van der Waals surface area contributed by atoms with E-state index in [1.165, 1.54) is 6.92 Å². The lowest BCUT2D eigenvalue weighted by Crippen LogP contribution is -2.50. The van der Waals surface area contributed by atoms with Crippen LogP contribution in [0.15, 0.2) is 0 Å². The number of carbonyl (C=O) groups is 1. The van der Waals surface area contributed by atoms with E-state index in [0.29, 0.717) is 0 Å². The minimum atomic E-state index is -4.54. The molecule has 1 amide bonds. The summed E-state index contributed by atoms with van der Waals surface area (Å²) in [6.45, 7) is 1.03. The number of amides is 1. The van der Waals surface area contributed by atoms with Crippen molar-refractivity contribution in [2.24, 2.45) is 0 Å². The van der Waals surface area contributed by atoms with Crippen molar-refractivity contribution in [1.29, 1.82) is 0 Å². The number of carbonyl (C=O) groups excluding carboxylic acids is 1. The van der Waals surface area contributed by atoms with Crippen LogP contribution >= 0.6 is 0 Å². The summed E-state index contributed by atoms with van der Waals surface area (Å²) in [5, 5.41) is 12.2. The summed E-state index contributed by atoms with van der Waals surface area (Å²) in [4.78, 5) is 10.8. The van der Waals surface area contributed by atoms with Crippen molar-refractivity contribution in [2.75, 3.05) is 13.2 Å². The molecule has 0 bridgehead atoms. The number of nitrogens with one attached hydrogen (secondary N) is 1. The average Bonchev–Trinajstić information content (AvgIpc) is 2.13. The van der Waals surface area contributed by atoms with E-state index >= 15 is 0 Å². The van der Waals surface area contributed by atoms with E-state index in [2.05, 4.69) is 9.50 Å². The molecule has 17 heavy (non-hydrogen) atoms. The van der Waals surface area contributed by atoms with Crippen LogP contribution < -0.4 is 5.32 Å². The van der Waals surface area contributed by atoms with Gasteiger partial charge in [0, 0.05) is 6.92 Å². The molecule has 100 valence electrons. The van der Waals surface area contributed by atoms with Crippen molar-refractivity contribution < 1.29 is 31.8 Å². The first-order chi connectivity index (χ1) is 7.78. The van der Waals surface area contributed by atoms with Gasteiger partial charge in [-0.2, -0.15) is 8.42 Å². The Morgan fingerprint density at radius 1 is 1.59 bits per heavy atom. The third-order valence-electron chi connectivity index (χ3n) is 2.26. The minimum absolute atomic E-state index is 0.149. The lowest BCUT2D eigenvalue weighted by Gasteiger charge is -2.32. The van der Waals surface area contributed by atoms with Crippen LogP contribution in [-0.2, 0) is 24.1 Å². The monoisotopic (exact) mass is 269 g/mol. The third kappa shape index (κ3) is 5.41. The molecule has 0 aromatic heterocycles. The van der Waals surface area contributed by atoms with Gasteiger partial charge in [0.25, 0.3) is 0 Å². The second-order valence-electron chi connectivity index (χ2n) is 3.78. The predicted molar refractivity (Wildman–Crippen MR) is 55.5 cm³/mol. The molecular weight excluding hydrogens is 254 g/mol. The molecule has 0 aromatic carbocycles. The van der Waals surface area contributed by atoms with E-state index < -0.39 is 29.2 Å². The maximum atomic E-state index is 10.8. The third-order valence-corrected chi connectivity index (χ3v) is 2.69. The fraction of sp³-hybridized carbons (Fsp3) is 0.875. The maximum absolute atomic E-state index is 10.8. The number of aliphatic hydroxyl groups excluding tert-OH is 1. The molecule has 1 aliphatic rings. The Morgan fingerprint density at radius 3 is 2.71 bits per heavy atom. The highest BCUT2D eigenvalue weighted by atomic mass is 32.3. The van der Waals surface area contributed by atoms with Gasteiger partial charge in [0.05, 0.1) is 25.4 Å². The first-order valence-corrected chi connectivity index (χ1v) is 6.33. The van der Waals surface area contributed by atoms with Crippen LogP contribution in [0.2, 0.25) is 0 Å². The zero-order chi connectivity index (χ0) is 13.1. The van der Waals surface area contributed by atoms with E-state index in [4.69, 9.17) is 9.29 Å². The van der Waals surface area contributed by atoms with E-state index in [1.807, 2.05) is 0 Å².